The molecule has 7 heteroatoms. The molecule has 6 nitrogen and oxygen atoms in total. The second-order valence-corrected chi connectivity index (χ2v) is 7.79. The van der Waals surface area contributed by atoms with Crippen molar-refractivity contribution < 1.29 is 23.8 Å². The Balaban J connectivity index is 1.75. The van der Waals surface area contributed by atoms with Crippen molar-refractivity contribution in [2.75, 3.05) is 7.11 Å². The number of carbonyl (C=O) groups is 1. The van der Waals surface area contributed by atoms with E-state index in [1.54, 1.807) is 31.4 Å². The van der Waals surface area contributed by atoms with Crippen LogP contribution in [0.4, 0.5) is 0 Å². The third-order valence-electron chi connectivity index (χ3n) is 5.32. The smallest absolute Gasteiger partial charge is 0.312 e. The Bertz CT molecular complexity index is 1320. The van der Waals surface area contributed by atoms with Gasteiger partial charge in [-0.2, -0.15) is 11.3 Å². The number of phenols is 1. The lowest BCUT2D eigenvalue weighted by atomic mass is 9.86. The molecular weight excluding hydrogens is 404 g/mol. The van der Waals surface area contributed by atoms with E-state index in [-0.39, 0.29) is 40.2 Å². The Morgan fingerprint density at radius 3 is 2.67 bits per heavy atom. The molecule has 0 spiro atoms. The summed E-state index contributed by atoms with van der Waals surface area (Å²) in [5.41, 5.74) is 2.37. The molecule has 3 heterocycles. The molecule has 0 unspecified atom stereocenters. The molecule has 0 bridgehead atoms. The monoisotopic (exact) mass is 420 g/mol. The van der Waals surface area contributed by atoms with Gasteiger partial charge < -0.3 is 19.0 Å². The number of rotatable bonds is 3. The largest absolute Gasteiger partial charge is 0.507 e. The van der Waals surface area contributed by atoms with Crippen molar-refractivity contribution in [2.45, 2.75) is 12.3 Å². The zero-order valence-corrected chi connectivity index (χ0v) is 16.7. The minimum Gasteiger partial charge on any atom is -0.507 e. The van der Waals surface area contributed by atoms with E-state index in [0.717, 1.165) is 5.56 Å². The van der Waals surface area contributed by atoms with Crippen molar-refractivity contribution in [1.29, 1.82) is 0 Å². The summed E-state index contributed by atoms with van der Waals surface area (Å²) < 4.78 is 16.4. The van der Waals surface area contributed by atoms with Gasteiger partial charge >= 0.3 is 5.97 Å². The number of hydrogen-bond acceptors (Lipinski definition) is 7. The van der Waals surface area contributed by atoms with Crippen LogP contribution in [0.15, 0.2) is 62.6 Å². The van der Waals surface area contributed by atoms with Gasteiger partial charge in [0.25, 0.3) is 0 Å². The summed E-state index contributed by atoms with van der Waals surface area (Å²) in [6, 6.07) is 10.3. The lowest BCUT2D eigenvalue weighted by molar-refractivity contribution is -0.135. The maximum absolute atomic E-state index is 13.3. The molecular formula is C23H16O6S. The highest BCUT2D eigenvalue weighted by molar-refractivity contribution is 7.08. The van der Waals surface area contributed by atoms with Crippen LogP contribution in [-0.4, -0.2) is 18.2 Å². The standard InChI is InChI=1S/C23H16O6S/c1-27-14-4-2-12(3-5-14)16-10-28-23-20-15(13-6-7-30-11-13)8-19(25)29-18(20)9-17(24)21(23)22(16)26/h2-7,9-11,15,24H,8H2,1H3/t15-/m1/s1. The fraction of sp³-hybridized carbons (Fsp3) is 0.130. The van der Waals surface area contributed by atoms with Crippen LogP contribution in [0.2, 0.25) is 0 Å². The van der Waals surface area contributed by atoms with Gasteiger partial charge in [-0.1, -0.05) is 12.1 Å². The van der Waals surface area contributed by atoms with Gasteiger partial charge in [-0.25, -0.2) is 0 Å². The van der Waals surface area contributed by atoms with Crippen LogP contribution in [0.3, 0.4) is 0 Å². The van der Waals surface area contributed by atoms with Crippen LogP contribution in [-0.2, 0) is 4.79 Å². The second kappa shape index (κ2) is 7.03. The molecule has 1 aliphatic heterocycles. The van der Waals surface area contributed by atoms with E-state index in [1.807, 2.05) is 16.8 Å². The first-order valence-corrected chi connectivity index (χ1v) is 10.2. The summed E-state index contributed by atoms with van der Waals surface area (Å²) in [7, 11) is 1.57. The molecule has 1 aliphatic rings. The van der Waals surface area contributed by atoms with Crippen molar-refractivity contribution in [2.24, 2.45) is 0 Å². The molecule has 2 aromatic carbocycles. The lowest BCUT2D eigenvalue weighted by Gasteiger charge is -2.25. The molecule has 1 N–H and O–H groups in total. The van der Waals surface area contributed by atoms with E-state index >= 15 is 0 Å². The SMILES string of the molecule is COc1ccc(-c2coc3c4c(cc(O)c3c2=O)OC(=O)C[C@@H]4c2ccsc2)cc1. The van der Waals surface area contributed by atoms with Crippen LogP contribution in [0, 0.1) is 0 Å². The van der Waals surface area contributed by atoms with Crippen LogP contribution in [0.5, 0.6) is 17.2 Å². The van der Waals surface area contributed by atoms with Gasteiger partial charge in [0.15, 0.2) is 0 Å². The third-order valence-corrected chi connectivity index (χ3v) is 6.02. The van der Waals surface area contributed by atoms with Gasteiger partial charge in [0.1, 0.15) is 34.5 Å². The molecule has 0 radical (unpaired) electrons. The number of hydrogen-bond donors (Lipinski definition) is 1. The minimum atomic E-state index is -0.394. The first-order valence-electron chi connectivity index (χ1n) is 9.25. The molecule has 2 aromatic heterocycles. The summed E-state index contributed by atoms with van der Waals surface area (Å²) >= 11 is 1.52. The number of aromatic hydroxyl groups is 1. The minimum absolute atomic E-state index is 0.0697. The van der Waals surface area contributed by atoms with E-state index in [1.165, 1.54) is 23.7 Å². The predicted molar refractivity (Wildman–Crippen MR) is 113 cm³/mol. The van der Waals surface area contributed by atoms with E-state index in [2.05, 4.69) is 0 Å². The van der Waals surface area contributed by atoms with Crippen molar-refractivity contribution in [3.05, 3.63) is 74.8 Å². The summed E-state index contributed by atoms with van der Waals surface area (Å²) in [5.74, 6) is -0.110. The molecule has 5 rings (SSSR count). The number of esters is 1. The number of methoxy groups -OCH3 is 1. The fourth-order valence-corrected chi connectivity index (χ4v) is 4.57. The van der Waals surface area contributed by atoms with Crippen molar-refractivity contribution in [3.8, 4) is 28.4 Å². The molecule has 0 saturated carbocycles. The molecule has 0 fully saturated rings. The number of carbonyl (C=O) groups excluding carboxylic acids is 1. The van der Waals surface area contributed by atoms with Gasteiger partial charge in [-0.05, 0) is 40.1 Å². The lowest BCUT2D eigenvalue weighted by Crippen LogP contribution is -2.21. The Morgan fingerprint density at radius 1 is 1.17 bits per heavy atom. The molecule has 1 atom stereocenters. The summed E-state index contributed by atoms with van der Waals surface area (Å²) in [4.78, 5) is 25.4. The number of ether oxygens (including phenoxy) is 2. The average molecular weight is 420 g/mol. The maximum atomic E-state index is 13.3. The van der Waals surface area contributed by atoms with Crippen LogP contribution < -0.4 is 14.9 Å². The van der Waals surface area contributed by atoms with Gasteiger partial charge in [-0.15, -0.1) is 0 Å². The molecule has 4 aromatic rings. The van der Waals surface area contributed by atoms with Gasteiger partial charge in [0.2, 0.25) is 5.43 Å². The molecule has 150 valence electrons. The van der Waals surface area contributed by atoms with Crippen LogP contribution in [0.1, 0.15) is 23.5 Å². The highest BCUT2D eigenvalue weighted by Gasteiger charge is 2.33. The topological polar surface area (TPSA) is 86.0 Å². The Hall–Kier alpha value is -3.58. The highest BCUT2D eigenvalue weighted by atomic mass is 32.1. The average Bonchev–Trinajstić information content (AvgIpc) is 3.28. The van der Waals surface area contributed by atoms with Gasteiger partial charge in [0.05, 0.1) is 19.1 Å². The molecule has 0 amide bonds. The first-order chi connectivity index (χ1) is 14.6. The molecule has 30 heavy (non-hydrogen) atoms. The molecule has 0 aliphatic carbocycles. The number of thiophene rings is 1. The number of benzene rings is 2. The van der Waals surface area contributed by atoms with Crippen molar-refractivity contribution >= 4 is 28.3 Å². The fourth-order valence-electron chi connectivity index (χ4n) is 3.86. The highest BCUT2D eigenvalue weighted by Crippen LogP contribution is 2.45. The first kappa shape index (κ1) is 18.4. The molecule has 0 saturated heterocycles. The predicted octanol–water partition coefficient (Wildman–Crippen LogP) is 4.68. The van der Waals surface area contributed by atoms with Crippen LogP contribution in [0.25, 0.3) is 22.1 Å². The third kappa shape index (κ3) is 2.86. The second-order valence-electron chi connectivity index (χ2n) is 7.01. The van der Waals surface area contributed by atoms with Gasteiger partial charge in [0, 0.05) is 17.5 Å². The number of fused-ring (bicyclic) bond motifs is 3. The van der Waals surface area contributed by atoms with E-state index in [9.17, 15) is 14.7 Å². The summed E-state index contributed by atoms with van der Waals surface area (Å²) in [5, 5.41) is 14.5. The summed E-state index contributed by atoms with van der Waals surface area (Å²) in [6.45, 7) is 0. The van der Waals surface area contributed by atoms with E-state index in [4.69, 9.17) is 13.9 Å². The van der Waals surface area contributed by atoms with Crippen molar-refractivity contribution in [1.82, 2.24) is 0 Å². The van der Waals surface area contributed by atoms with Gasteiger partial charge in [-0.3, -0.25) is 9.59 Å². The maximum Gasteiger partial charge on any atom is 0.312 e. The van der Waals surface area contributed by atoms with Crippen molar-refractivity contribution in [3.63, 3.8) is 0 Å². The zero-order chi connectivity index (χ0) is 20.8. The van der Waals surface area contributed by atoms with E-state index < -0.39 is 5.97 Å². The summed E-state index contributed by atoms with van der Waals surface area (Å²) in [6.07, 6.45) is 1.51. The van der Waals surface area contributed by atoms with E-state index in [0.29, 0.717) is 22.4 Å². The number of phenolic OH excluding ortho intramolecular Hbond substituents is 1. The zero-order valence-electron chi connectivity index (χ0n) is 15.9. The Kier molecular flexibility index (Phi) is 4.33. The normalized spacial score (nSPS) is 15.6. The Morgan fingerprint density at radius 2 is 1.97 bits per heavy atom. The quantitative estimate of drug-likeness (QED) is 0.383. The Labute approximate surface area is 174 Å². The van der Waals surface area contributed by atoms with Crippen LogP contribution >= 0.6 is 11.3 Å².